The SMILES string of the molecule is CCCCCCCCCCCCCCCC(=O)OC[C@H](COP(=O)(O)OCCNc1ccc([N+](=O)[O-])cc1[N+](=O)[O-])OC(=O)CCCCCCCCCCCCCCC.N. The van der Waals surface area contributed by atoms with Crippen molar-refractivity contribution in [2.45, 2.75) is 200 Å². The predicted octanol–water partition coefficient (Wildman–Crippen LogP) is 12.6. The van der Waals surface area contributed by atoms with Gasteiger partial charge in [0, 0.05) is 25.5 Å². The number of nitro benzene ring substituents is 2. The van der Waals surface area contributed by atoms with Crippen molar-refractivity contribution >= 4 is 36.8 Å². The first-order valence-electron chi connectivity index (χ1n) is 22.6. The van der Waals surface area contributed by atoms with Gasteiger partial charge in [0.2, 0.25) is 0 Å². The fraction of sp³-hybridized carbons (Fsp3) is 0.814. The van der Waals surface area contributed by atoms with Crippen LogP contribution in [-0.4, -0.2) is 59.1 Å². The van der Waals surface area contributed by atoms with Gasteiger partial charge in [0.25, 0.3) is 11.4 Å². The summed E-state index contributed by atoms with van der Waals surface area (Å²) in [7, 11) is -4.70. The molecule has 2 atom stereocenters. The number of nitro groups is 2. The average molecular weight is 875 g/mol. The Morgan fingerprint density at radius 1 is 0.650 bits per heavy atom. The van der Waals surface area contributed by atoms with Crippen molar-refractivity contribution in [2.75, 3.05) is 31.7 Å². The largest absolute Gasteiger partial charge is 0.472 e. The highest BCUT2D eigenvalue weighted by molar-refractivity contribution is 7.47. The van der Waals surface area contributed by atoms with Crippen LogP contribution in [0.2, 0.25) is 0 Å². The molecule has 0 spiro atoms. The van der Waals surface area contributed by atoms with Crippen molar-refractivity contribution in [1.29, 1.82) is 0 Å². The van der Waals surface area contributed by atoms with Crippen LogP contribution >= 0.6 is 7.82 Å². The van der Waals surface area contributed by atoms with Gasteiger partial charge in [0.15, 0.2) is 6.10 Å². The van der Waals surface area contributed by atoms with Gasteiger partial charge in [-0.3, -0.25) is 38.9 Å². The van der Waals surface area contributed by atoms with E-state index in [1.807, 2.05) is 0 Å². The fourth-order valence-electron chi connectivity index (χ4n) is 6.69. The quantitative estimate of drug-likeness (QED) is 0.0182. The third-order valence-electron chi connectivity index (χ3n) is 10.2. The van der Waals surface area contributed by atoms with E-state index in [1.54, 1.807) is 0 Å². The van der Waals surface area contributed by atoms with Crippen LogP contribution in [0.15, 0.2) is 18.2 Å². The molecule has 0 heterocycles. The lowest BCUT2D eigenvalue weighted by Gasteiger charge is -2.20. The molecule has 1 rings (SSSR count). The first-order valence-corrected chi connectivity index (χ1v) is 24.1. The van der Waals surface area contributed by atoms with E-state index < -0.39 is 60.3 Å². The highest BCUT2D eigenvalue weighted by Crippen LogP contribution is 2.43. The fourth-order valence-corrected chi connectivity index (χ4v) is 7.44. The molecule has 0 aromatic heterocycles. The standard InChI is InChI=1S/C43H76N3O12P.H3N/c1-3-5-7-9-11-13-15-17-19-21-23-25-27-29-42(47)55-36-39(58-43(48)30-28-26-24-22-20-18-16-14-12-10-8-6-4-2)37-57-59(53,54)56-34-33-44-40-32-31-38(45(49)50)35-41(40)46(51)52;/h31-32,35,39,44H,3-30,33-34,36-37H2,1-2H3,(H,53,54);1H3/t39-;/m1./s1. The molecule has 0 bridgehead atoms. The van der Waals surface area contributed by atoms with E-state index in [1.165, 1.54) is 116 Å². The third kappa shape index (κ3) is 31.7. The molecule has 0 saturated heterocycles. The number of nitrogens with zero attached hydrogens (tertiary/aromatic N) is 2. The maximum atomic E-state index is 12.7. The summed E-state index contributed by atoms with van der Waals surface area (Å²) in [6, 6.07) is 3.04. The lowest BCUT2D eigenvalue weighted by atomic mass is 10.0. The number of phosphoric ester groups is 1. The van der Waals surface area contributed by atoms with Gasteiger partial charge in [0.05, 0.1) is 29.1 Å². The summed E-state index contributed by atoms with van der Waals surface area (Å²) in [5, 5.41) is 25.0. The van der Waals surface area contributed by atoms with Crippen LogP contribution in [-0.2, 0) is 32.7 Å². The summed E-state index contributed by atoms with van der Waals surface area (Å²) in [5.41, 5.74) is -1.06. The highest BCUT2D eigenvalue weighted by Gasteiger charge is 2.26. The summed E-state index contributed by atoms with van der Waals surface area (Å²) in [5.74, 6) is -0.989. The number of unbranched alkanes of at least 4 members (excludes halogenated alkanes) is 24. The number of hydrogen-bond acceptors (Lipinski definition) is 13. The molecule has 348 valence electrons. The van der Waals surface area contributed by atoms with Crippen molar-refractivity contribution in [1.82, 2.24) is 6.15 Å². The van der Waals surface area contributed by atoms with Gasteiger partial charge in [0.1, 0.15) is 12.3 Å². The molecule has 0 aliphatic rings. The van der Waals surface area contributed by atoms with Crippen LogP contribution in [0.4, 0.5) is 17.1 Å². The van der Waals surface area contributed by atoms with Crippen molar-refractivity contribution in [2.24, 2.45) is 0 Å². The Labute approximate surface area is 359 Å². The lowest BCUT2D eigenvalue weighted by molar-refractivity contribution is -0.393. The minimum Gasteiger partial charge on any atom is -0.462 e. The molecule has 5 N–H and O–H groups in total. The van der Waals surface area contributed by atoms with Gasteiger partial charge in [-0.25, -0.2) is 4.57 Å². The van der Waals surface area contributed by atoms with E-state index in [9.17, 15) is 39.3 Å². The molecule has 0 amide bonds. The zero-order valence-electron chi connectivity index (χ0n) is 36.9. The Kier molecular flexibility index (Phi) is 35.6. The monoisotopic (exact) mass is 875 g/mol. The molecule has 1 aromatic rings. The predicted molar refractivity (Wildman–Crippen MR) is 236 cm³/mol. The maximum absolute atomic E-state index is 12.7. The van der Waals surface area contributed by atoms with E-state index in [4.69, 9.17) is 18.5 Å². The zero-order chi connectivity index (χ0) is 43.4. The summed E-state index contributed by atoms with van der Waals surface area (Å²) >= 11 is 0. The lowest BCUT2D eigenvalue weighted by Crippen LogP contribution is -2.29. The van der Waals surface area contributed by atoms with Crippen LogP contribution in [0.5, 0.6) is 0 Å². The second-order valence-corrected chi connectivity index (χ2v) is 17.0. The Morgan fingerprint density at radius 2 is 1.08 bits per heavy atom. The van der Waals surface area contributed by atoms with Crippen molar-refractivity contribution in [3.05, 3.63) is 38.4 Å². The van der Waals surface area contributed by atoms with Gasteiger partial charge in [-0.15, -0.1) is 0 Å². The highest BCUT2D eigenvalue weighted by atomic mass is 31.2. The minimum atomic E-state index is -4.70. The van der Waals surface area contributed by atoms with Crippen molar-refractivity contribution in [3.8, 4) is 0 Å². The molecule has 16 nitrogen and oxygen atoms in total. The Morgan fingerprint density at radius 3 is 1.52 bits per heavy atom. The summed E-state index contributed by atoms with van der Waals surface area (Å²) in [6.07, 6.45) is 29.7. The number of anilines is 1. The number of phosphoric acid groups is 1. The van der Waals surface area contributed by atoms with Crippen molar-refractivity contribution < 1.29 is 47.4 Å². The molecule has 0 aliphatic heterocycles. The van der Waals surface area contributed by atoms with E-state index >= 15 is 0 Å². The number of nitrogens with one attached hydrogen (secondary N) is 1. The van der Waals surface area contributed by atoms with Crippen LogP contribution in [0, 0.1) is 20.2 Å². The topological polar surface area (TPSA) is 242 Å². The van der Waals surface area contributed by atoms with Crippen LogP contribution in [0.1, 0.15) is 194 Å². The first-order chi connectivity index (χ1) is 28.5. The van der Waals surface area contributed by atoms with E-state index in [2.05, 4.69) is 19.2 Å². The van der Waals surface area contributed by atoms with Gasteiger partial charge in [-0.05, 0) is 18.9 Å². The zero-order valence-corrected chi connectivity index (χ0v) is 37.8. The molecular weight excluding hydrogens is 795 g/mol. The van der Waals surface area contributed by atoms with Gasteiger partial charge >= 0.3 is 19.8 Å². The molecule has 0 aliphatic carbocycles. The maximum Gasteiger partial charge on any atom is 0.472 e. The number of rotatable bonds is 41. The average Bonchev–Trinajstić information content (AvgIpc) is 3.21. The summed E-state index contributed by atoms with van der Waals surface area (Å²) < 4.78 is 33.6. The Hall–Kier alpha value is -3.17. The smallest absolute Gasteiger partial charge is 0.462 e. The van der Waals surface area contributed by atoms with E-state index in [0.717, 1.165) is 56.7 Å². The number of hydrogen-bond donors (Lipinski definition) is 3. The molecule has 0 radical (unpaired) electrons. The molecule has 1 unspecified atom stereocenters. The minimum absolute atomic E-state index is 0. The second kappa shape index (κ2) is 37.6. The molecular formula is C43H79N4O12P. The normalized spacial score (nSPS) is 12.6. The number of non-ortho nitro benzene ring substituents is 1. The van der Waals surface area contributed by atoms with Crippen LogP contribution in [0.3, 0.4) is 0 Å². The van der Waals surface area contributed by atoms with Gasteiger partial charge in [-0.1, -0.05) is 168 Å². The Bertz CT molecular complexity index is 1340. The van der Waals surface area contributed by atoms with Crippen LogP contribution < -0.4 is 11.5 Å². The Balaban J connectivity index is 0.0000348. The number of carbonyl (C=O) groups excluding carboxylic acids is 2. The van der Waals surface area contributed by atoms with Gasteiger partial charge in [-0.2, -0.15) is 0 Å². The second-order valence-electron chi connectivity index (χ2n) is 15.5. The third-order valence-corrected chi connectivity index (χ3v) is 11.2. The molecule has 0 fully saturated rings. The molecule has 60 heavy (non-hydrogen) atoms. The van der Waals surface area contributed by atoms with Crippen LogP contribution in [0.25, 0.3) is 0 Å². The molecule has 1 aromatic carbocycles. The number of esters is 2. The van der Waals surface area contributed by atoms with Gasteiger partial charge < -0.3 is 25.8 Å². The summed E-state index contributed by atoms with van der Waals surface area (Å²) in [4.78, 5) is 56.4. The number of carbonyl (C=O) groups is 2. The van der Waals surface area contributed by atoms with Crippen molar-refractivity contribution in [3.63, 3.8) is 0 Å². The van der Waals surface area contributed by atoms with E-state index in [-0.39, 0.29) is 37.8 Å². The summed E-state index contributed by atoms with van der Waals surface area (Å²) in [6.45, 7) is 2.91. The van der Waals surface area contributed by atoms with E-state index in [0.29, 0.717) is 12.8 Å². The molecule has 17 heteroatoms. The number of benzene rings is 1. The molecule has 0 saturated carbocycles. The number of ether oxygens (including phenoxy) is 2. The first kappa shape index (κ1) is 56.8.